The van der Waals surface area contributed by atoms with E-state index in [0.717, 1.165) is 5.56 Å². The number of terminal acetylenes is 1. The van der Waals surface area contributed by atoms with Crippen molar-refractivity contribution in [2.24, 2.45) is 0 Å². The SMILES string of the molecule is C#CC(C)c1cccc(F)c1C. The normalized spacial score (nSPS) is 12.2. The summed E-state index contributed by atoms with van der Waals surface area (Å²) in [5, 5.41) is 0. The molecule has 0 saturated heterocycles. The summed E-state index contributed by atoms with van der Waals surface area (Å²) in [6, 6.07) is 5.00. The molecule has 12 heavy (non-hydrogen) atoms. The predicted molar refractivity (Wildman–Crippen MR) is 48.4 cm³/mol. The average Bonchev–Trinajstić information content (AvgIpc) is 2.08. The molecule has 0 radical (unpaired) electrons. The maximum atomic E-state index is 13.0. The summed E-state index contributed by atoms with van der Waals surface area (Å²) in [5.41, 5.74) is 1.56. The molecule has 1 rings (SSSR count). The number of rotatable bonds is 1. The van der Waals surface area contributed by atoms with Gasteiger partial charge in [-0.2, -0.15) is 0 Å². The maximum Gasteiger partial charge on any atom is 0.126 e. The molecule has 1 aromatic rings. The summed E-state index contributed by atoms with van der Waals surface area (Å²) in [6.07, 6.45) is 5.25. The van der Waals surface area contributed by atoms with Crippen molar-refractivity contribution in [2.75, 3.05) is 0 Å². The topological polar surface area (TPSA) is 0 Å². The Labute approximate surface area is 72.4 Å². The van der Waals surface area contributed by atoms with E-state index >= 15 is 0 Å². The molecule has 0 bridgehead atoms. The van der Waals surface area contributed by atoms with Gasteiger partial charge in [0.25, 0.3) is 0 Å². The van der Waals surface area contributed by atoms with Crippen LogP contribution in [0, 0.1) is 25.1 Å². The van der Waals surface area contributed by atoms with E-state index in [-0.39, 0.29) is 11.7 Å². The van der Waals surface area contributed by atoms with E-state index in [4.69, 9.17) is 6.42 Å². The van der Waals surface area contributed by atoms with E-state index in [1.807, 2.05) is 13.0 Å². The Morgan fingerprint density at radius 2 is 2.17 bits per heavy atom. The van der Waals surface area contributed by atoms with Crippen LogP contribution in [0.5, 0.6) is 0 Å². The van der Waals surface area contributed by atoms with E-state index in [1.54, 1.807) is 13.0 Å². The molecule has 1 unspecified atom stereocenters. The standard InChI is InChI=1S/C11H11F/c1-4-8(2)10-6-5-7-11(12)9(10)3/h1,5-8H,2-3H3. The predicted octanol–water partition coefficient (Wildman–Crippen LogP) is 2.87. The fourth-order valence-corrected chi connectivity index (χ4v) is 1.18. The summed E-state index contributed by atoms with van der Waals surface area (Å²) in [5.74, 6) is 2.38. The zero-order valence-electron chi connectivity index (χ0n) is 7.26. The fourth-order valence-electron chi connectivity index (χ4n) is 1.18. The van der Waals surface area contributed by atoms with Crippen molar-refractivity contribution in [2.45, 2.75) is 19.8 Å². The zero-order valence-corrected chi connectivity index (χ0v) is 7.26. The Balaban J connectivity index is 3.18. The van der Waals surface area contributed by atoms with Crippen LogP contribution in [-0.4, -0.2) is 0 Å². The minimum Gasteiger partial charge on any atom is -0.207 e. The second-order valence-corrected chi connectivity index (χ2v) is 2.84. The molecular weight excluding hydrogens is 151 g/mol. The lowest BCUT2D eigenvalue weighted by atomic mass is 9.97. The van der Waals surface area contributed by atoms with Crippen molar-refractivity contribution in [1.82, 2.24) is 0 Å². The fraction of sp³-hybridized carbons (Fsp3) is 0.273. The van der Waals surface area contributed by atoms with E-state index < -0.39 is 0 Å². The van der Waals surface area contributed by atoms with Gasteiger partial charge >= 0.3 is 0 Å². The second-order valence-electron chi connectivity index (χ2n) is 2.84. The molecule has 1 aromatic carbocycles. The maximum absolute atomic E-state index is 13.0. The Morgan fingerprint density at radius 3 is 2.75 bits per heavy atom. The molecule has 0 aliphatic carbocycles. The summed E-state index contributed by atoms with van der Waals surface area (Å²) in [4.78, 5) is 0. The van der Waals surface area contributed by atoms with Gasteiger partial charge in [-0.25, -0.2) is 4.39 Å². The third-order valence-electron chi connectivity index (χ3n) is 2.03. The van der Waals surface area contributed by atoms with Gasteiger partial charge in [-0.3, -0.25) is 0 Å². The number of halogens is 1. The second kappa shape index (κ2) is 3.40. The van der Waals surface area contributed by atoms with Gasteiger partial charge in [0.05, 0.1) is 0 Å². The third-order valence-corrected chi connectivity index (χ3v) is 2.03. The molecular formula is C11H11F. The summed E-state index contributed by atoms with van der Waals surface area (Å²) >= 11 is 0. The highest BCUT2D eigenvalue weighted by atomic mass is 19.1. The minimum atomic E-state index is -0.186. The molecule has 0 amide bonds. The van der Waals surface area contributed by atoms with Crippen LogP contribution in [0.25, 0.3) is 0 Å². The first-order valence-corrected chi connectivity index (χ1v) is 3.88. The smallest absolute Gasteiger partial charge is 0.126 e. The summed E-state index contributed by atoms with van der Waals surface area (Å²) in [7, 11) is 0. The van der Waals surface area contributed by atoms with Gasteiger partial charge in [0.15, 0.2) is 0 Å². The zero-order chi connectivity index (χ0) is 9.14. The molecule has 0 nitrogen and oxygen atoms in total. The summed E-state index contributed by atoms with van der Waals surface area (Å²) in [6.45, 7) is 3.64. The van der Waals surface area contributed by atoms with Crippen LogP contribution in [0.2, 0.25) is 0 Å². The highest BCUT2D eigenvalue weighted by Crippen LogP contribution is 2.20. The van der Waals surface area contributed by atoms with Crippen LogP contribution >= 0.6 is 0 Å². The molecule has 0 saturated carbocycles. The van der Waals surface area contributed by atoms with E-state index in [1.165, 1.54) is 6.07 Å². The van der Waals surface area contributed by atoms with Gasteiger partial charge in [-0.05, 0) is 31.0 Å². The van der Waals surface area contributed by atoms with Crippen molar-refractivity contribution < 1.29 is 4.39 Å². The van der Waals surface area contributed by atoms with Gasteiger partial charge in [0, 0.05) is 5.92 Å². The Morgan fingerprint density at radius 1 is 1.50 bits per heavy atom. The van der Waals surface area contributed by atoms with Crippen LogP contribution in [0.4, 0.5) is 4.39 Å². The lowest BCUT2D eigenvalue weighted by molar-refractivity contribution is 0.614. The number of hydrogen-bond acceptors (Lipinski definition) is 0. The molecule has 0 N–H and O–H groups in total. The van der Waals surface area contributed by atoms with Gasteiger partial charge in [0.2, 0.25) is 0 Å². The summed E-state index contributed by atoms with van der Waals surface area (Å²) < 4.78 is 13.0. The molecule has 0 fully saturated rings. The van der Waals surface area contributed by atoms with Gasteiger partial charge < -0.3 is 0 Å². The van der Waals surface area contributed by atoms with Crippen molar-refractivity contribution in [1.29, 1.82) is 0 Å². The third kappa shape index (κ3) is 1.48. The monoisotopic (exact) mass is 162 g/mol. The lowest BCUT2D eigenvalue weighted by Gasteiger charge is -2.08. The van der Waals surface area contributed by atoms with E-state index in [0.29, 0.717) is 5.56 Å². The van der Waals surface area contributed by atoms with Crippen molar-refractivity contribution >= 4 is 0 Å². The number of benzene rings is 1. The lowest BCUT2D eigenvalue weighted by Crippen LogP contribution is -1.95. The highest BCUT2D eigenvalue weighted by Gasteiger charge is 2.07. The largest absolute Gasteiger partial charge is 0.207 e. The van der Waals surface area contributed by atoms with Crippen LogP contribution in [-0.2, 0) is 0 Å². The first kappa shape index (κ1) is 8.80. The molecule has 62 valence electrons. The van der Waals surface area contributed by atoms with Crippen LogP contribution in [0.3, 0.4) is 0 Å². The van der Waals surface area contributed by atoms with Crippen LogP contribution in [0.1, 0.15) is 24.0 Å². The first-order valence-electron chi connectivity index (χ1n) is 3.88. The van der Waals surface area contributed by atoms with Crippen LogP contribution < -0.4 is 0 Å². The van der Waals surface area contributed by atoms with Crippen molar-refractivity contribution in [3.63, 3.8) is 0 Å². The Kier molecular flexibility index (Phi) is 2.50. The molecule has 1 atom stereocenters. The van der Waals surface area contributed by atoms with Crippen molar-refractivity contribution in [3.8, 4) is 12.3 Å². The Hall–Kier alpha value is -1.29. The van der Waals surface area contributed by atoms with Gasteiger partial charge in [0.1, 0.15) is 5.82 Å². The first-order chi connectivity index (χ1) is 5.66. The molecule has 0 aromatic heterocycles. The highest BCUT2D eigenvalue weighted by molar-refractivity contribution is 5.34. The van der Waals surface area contributed by atoms with Crippen molar-refractivity contribution in [3.05, 3.63) is 35.1 Å². The van der Waals surface area contributed by atoms with Gasteiger partial charge in [-0.15, -0.1) is 6.42 Å². The molecule has 0 heterocycles. The molecule has 0 aliphatic heterocycles. The Bertz CT molecular complexity index is 320. The average molecular weight is 162 g/mol. The molecule has 1 heteroatoms. The molecule has 0 aliphatic rings. The number of hydrogen-bond donors (Lipinski definition) is 0. The van der Waals surface area contributed by atoms with Gasteiger partial charge in [-0.1, -0.05) is 18.1 Å². The van der Waals surface area contributed by atoms with E-state index in [9.17, 15) is 4.39 Å². The van der Waals surface area contributed by atoms with E-state index in [2.05, 4.69) is 5.92 Å². The quantitative estimate of drug-likeness (QED) is 0.557. The van der Waals surface area contributed by atoms with Crippen LogP contribution in [0.15, 0.2) is 18.2 Å². The molecule has 0 spiro atoms. The minimum absolute atomic E-state index is 0.0132.